The van der Waals surface area contributed by atoms with Gasteiger partial charge in [-0.05, 0) is 23.5 Å². The summed E-state index contributed by atoms with van der Waals surface area (Å²) in [6, 6.07) is 3.31. The molecule has 0 aromatic carbocycles. The lowest BCUT2D eigenvalue weighted by molar-refractivity contribution is -0.143. The van der Waals surface area contributed by atoms with E-state index in [1.807, 2.05) is 0 Å². The van der Waals surface area contributed by atoms with Crippen LogP contribution in [0.25, 0.3) is 0 Å². The molecule has 1 aliphatic heterocycles. The van der Waals surface area contributed by atoms with Crippen molar-refractivity contribution in [1.82, 2.24) is 9.88 Å². The van der Waals surface area contributed by atoms with Crippen LogP contribution in [0.15, 0.2) is 18.3 Å². The van der Waals surface area contributed by atoms with Gasteiger partial charge in [0.25, 0.3) is 0 Å². The molecule has 3 atom stereocenters. The second-order valence-corrected chi connectivity index (χ2v) is 5.43. The van der Waals surface area contributed by atoms with Crippen LogP contribution in [0.5, 0.6) is 0 Å². The fourth-order valence-corrected chi connectivity index (χ4v) is 3.13. The van der Waals surface area contributed by atoms with Crippen molar-refractivity contribution in [2.24, 2.45) is 17.8 Å². The maximum atomic E-state index is 11.4. The monoisotopic (exact) mass is 276 g/mol. The first-order chi connectivity index (χ1) is 9.60. The number of piperidine rings is 1. The van der Waals surface area contributed by atoms with Gasteiger partial charge in [-0.1, -0.05) is 6.07 Å². The number of carbonyl (C=O) groups excluding carboxylic acids is 1. The molecule has 0 bridgehead atoms. The molecule has 1 saturated heterocycles. The summed E-state index contributed by atoms with van der Waals surface area (Å²) in [6.45, 7) is 2.53. The maximum absolute atomic E-state index is 11.4. The van der Waals surface area contributed by atoms with Gasteiger partial charge in [0.1, 0.15) is 5.69 Å². The highest BCUT2D eigenvalue weighted by Gasteiger charge is 2.59. The smallest absolute Gasteiger partial charge is 0.354 e. The minimum atomic E-state index is -1.01. The van der Waals surface area contributed by atoms with Crippen molar-refractivity contribution >= 4 is 11.9 Å². The van der Waals surface area contributed by atoms with Crippen LogP contribution in [0.3, 0.4) is 0 Å². The highest BCUT2D eigenvalue weighted by Crippen LogP contribution is 2.52. The van der Waals surface area contributed by atoms with Crippen molar-refractivity contribution in [3.8, 4) is 0 Å². The number of rotatable bonds is 4. The number of aromatic nitrogens is 1. The van der Waals surface area contributed by atoms with Crippen LogP contribution in [0.1, 0.15) is 16.1 Å². The molecular weight excluding hydrogens is 260 g/mol. The zero-order valence-electron chi connectivity index (χ0n) is 11.2. The number of carboxylic acid groups (broad SMARTS) is 1. The summed E-state index contributed by atoms with van der Waals surface area (Å²) in [4.78, 5) is 28.3. The molecule has 6 heteroatoms. The Bertz CT molecular complexity index is 531. The van der Waals surface area contributed by atoms with E-state index in [0.29, 0.717) is 11.8 Å². The number of hydrogen-bond acceptors (Lipinski definition) is 5. The number of ether oxygens (including phenoxy) is 1. The van der Waals surface area contributed by atoms with Crippen molar-refractivity contribution < 1.29 is 19.4 Å². The van der Waals surface area contributed by atoms with Crippen molar-refractivity contribution in [2.75, 3.05) is 20.2 Å². The Balaban J connectivity index is 1.54. The molecule has 6 nitrogen and oxygen atoms in total. The van der Waals surface area contributed by atoms with Crippen LogP contribution in [0.2, 0.25) is 0 Å². The second kappa shape index (κ2) is 4.86. The predicted octanol–water partition coefficient (Wildman–Crippen LogP) is 0.631. The molecule has 0 spiro atoms. The van der Waals surface area contributed by atoms with E-state index in [9.17, 15) is 9.59 Å². The molecule has 2 fully saturated rings. The largest absolute Gasteiger partial charge is 0.477 e. The fraction of sp³-hybridized carbons (Fsp3) is 0.500. The van der Waals surface area contributed by atoms with Gasteiger partial charge >= 0.3 is 11.9 Å². The number of esters is 1. The summed E-state index contributed by atoms with van der Waals surface area (Å²) >= 11 is 0. The Morgan fingerprint density at radius 3 is 2.60 bits per heavy atom. The van der Waals surface area contributed by atoms with Crippen molar-refractivity contribution in [3.05, 3.63) is 29.6 Å². The van der Waals surface area contributed by atoms with Crippen LogP contribution < -0.4 is 0 Å². The Kier molecular flexibility index (Phi) is 3.17. The number of methoxy groups -OCH3 is 1. The molecule has 0 amide bonds. The first-order valence-electron chi connectivity index (χ1n) is 6.58. The van der Waals surface area contributed by atoms with Crippen LogP contribution in [0, 0.1) is 17.8 Å². The lowest BCUT2D eigenvalue weighted by Crippen LogP contribution is -2.26. The summed E-state index contributed by atoms with van der Waals surface area (Å²) in [5.74, 6) is -0.168. The van der Waals surface area contributed by atoms with Crippen LogP contribution in [0.4, 0.5) is 0 Å². The first kappa shape index (κ1) is 13.1. The summed E-state index contributed by atoms with van der Waals surface area (Å²) in [7, 11) is 1.43. The molecule has 1 aromatic rings. The Morgan fingerprint density at radius 2 is 2.10 bits per heavy atom. The summed E-state index contributed by atoms with van der Waals surface area (Å²) in [5.41, 5.74) is 1.05. The number of aromatic carboxylic acids is 1. The van der Waals surface area contributed by atoms with Gasteiger partial charge in [-0.3, -0.25) is 9.69 Å². The molecule has 20 heavy (non-hydrogen) atoms. The molecular formula is C14H16N2O4. The van der Waals surface area contributed by atoms with Gasteiger partial charge < -0.3 is 9.84 Å². The Morgan fingerprint density at radius 1 is 1.40 bits per heavy atom. The van der Waals surface area contributed by atoms with Gasteiger partial charge in [0, 0.05) is 25.8 Å². The minimum Gasteiger partial charge on any atom is -0.477 e. The van der Waals surface area contributed by atoms with Gasteiger partial charge in [0.05, 0.1) is 13.0 Å². The molecule has 3 rings (SSSR count). The number of likely N-dealkylation sites (tertiary alicyclic amines) is 1. The molecule has 0 radical (unpaired) electrons. The highest BCUT2D eigenvalue weighted by molar-refractivity contribution is 5.85. The van der Waals surface area contributed by atoms with E-state index in [0.717, 1.165) is 25.2 Å². The van der Waals surface area contributed by atoms with Crippen molar-refractivity contribution in [3.63, 3.8) is 0 Å². The fourth-order valence-electron chi connectivity index (χ4n) is 3.13. The normalized spacial score (nSPS) is 27.9. The van der Waals surface area contributed by atoms with Gasteiger partial charge in [-0.15, -0.1) is 0 Å². The van der Waals surface area contributed by atoms with Gasteiger partial charge in [-0.2, -0.15) is 0 Å². The average molecular weight is 276 g/mol. The third-order valence-corrected chi connectivity index (χ3v) is 4.19. The van der Waals surface area contributed by atoms with E-state index in [1.165, 1.54) is 13.2 Å². The van der Waals surface area contributed by atoms with E-state index < -0.39 is 5.97 Å². The molecule has 1 aromatic heterocycles. The number of nitrogens with zero attached hydrogens (tertiary/aromatic N) is 2. The average Bonchev–Trinajstić information content (AvgIpc) is 2.95. The minimum absolute atomic E-state index is 0.0591. The molecule has 106 valence electrons. The van der Waals surface area contributed by atoms with E-state index in [4.69, 9.17) is 9.84 Å². The lowest BCUT2D eigenvalue weighted by Gasteiger charge is -2.18. The zero-order chi connectivity index (χ0) is 14.3. The Labute approximate surface area is 116 Å². The molecule has 1 saturated carbocycles. The third kappa shape index (κ3) is 2.27. The van der Waals surface area contributed by atoms with Crippen LogP contribution in [-0.4, -0.2) is 47.1 Å². The van der Waals surface area contributed by atoms with Crippen LogP contribution >= 0.6 is 0 Å². The van der Waals surface area contributed by atoms with E-state index in [2.05, 4.69) is 9.88 Å². The number of fused-ring (bicyclic) bond motifs is 1. The number of carboxylic acids is 1. The standard InChI is InChI=1S/C14H16N2O4/c1-20-14(19)12-9-6-16(7-10(9)12)5-8-2-3-11(13(17)18)15-4-8/h2-4,9-10,12H,5-7H2,1H3,(H,17,18)/t9-,10+,12?. The third-order valence-electron chi connectivity index (χ3n) is 4.19. The Hall–Kier alpha value is -1.95. The first-order valence-corrected chi connectivity index (χ1v) is 6.58. The summed E-state index contributed by atoms with van der Waals surface area (Å²) in [5, 5.41) is 8.79. The number of pyridine rings is 1. The maximum Gasteiger partial charge on any atom is 0.354 e. The molecule has 2 heterocycles. The second-order valence-electron chi connectivity index (χ2n) is 5.43. The van der Waals surface area contributed by atoms with Gasteiger partial charge in [0.2, 0.25) is 0 Å². The van der Waals surface area contributed by atoms with E-state index in [1.54, 1.807) is 12.3 Å². The SMILES string of the molecule is COC(=O)C1[C@H]2CN(Cc3ccc(C(=O)O)nc3)C[C@@H]12. The van der Waals surface area contributed by atoms with Gasteiger partial charge in [-0.25, -0.2) is 9.78 Å². The van der Waals surface area contributed by atoms with Gasteiger partial charge in [0.15, 0.2) is 0 Å². The topological polar surface area (TPSA) is 79.7 Å². The number of hydrogen-bond donors (Lipinski definition) is 1. The van der Waals surface area contributed by atoms with E-state index >= 15 is 0 Å². The highest BCUT2D eigenvalue weighted by atomic mass is 16.5. The molecule has 1 aliphatic carbocycles. The summed E-state index contributed by atoms with van der Waals surface area (Å²) < 4.78 is 4.78. The molecule has 2 aliphatic rings. The number of carbonyl (C=O) groups is 2. The quantitative estimate of drug-likeness (QED) is 0.813. The molecule has 1 unspecified atom stereocenters. The van der Waals surface area contributed by atoms with E-state index in [-0.39, 0.29) is 17.6 Å². The van der Waals surface area contributed by atoms with Crippen molar-refractivity contribution in [2.45, 2.75) is 6.54 Å². The lowest BCUT2D eigenvalue weighted by atomic mass is 10.2. The van der Waals surface area contributed by atoms with Crippen molar-refractivity contribution in [1.29, 1.82) is 0 Å². The van der Waals surface area contributed by atoms with Crippen LogP contribution in [-0.2, 0) is 16.1 Å². The predicted molar refractivity (Wildman–Crippen MR) is 69.0 cm³/mol. The zero-order valence-corrected chi connectivity index (χ0v) is 11.2. The summed E-state index contributed by atoms with van der Waals surface area (Å²) in [6.07, 6.45) is 1.60. The molecule has 1 N–H and O–H groups in total.